The lowest BCUT2D eigenvalue weighted by atomic mass is 9.98. The van der Waals surface area contributed by atoms with Crippen LogP contribution in [0.3, 0.4) is 0 Å². The molecule has 4 rings (SSSR count). The first-order valence-electron chi connectivity index (χ1n) is 12.3. The number of rotatable bonds is 8. The second kappa shape index (κ2) is 12.1. The minimum atomic E-state index is -3.58. The van der Waals surface area contributed by atoms with Crippen molar-refractivity contribution in [3.63, 3.8) is 0 Å². The van der Waals surface area contributed by atoms with Gasteiger partial charge in [0.05, 0.1) is 21.7 Å². The molecule has 0 saturated carbocycles. The fourth-order valence-electron chi connectivity index (χ4n) is 4.91. The molecule has 9 heteroatoms. The van der Waals surface area contributed by atoms with E-state index in [-0.39, 0.29) is 24.1 Å². The third-order valence-electron chi connectivity index (χ3n) is 6.90. The van der Waals surface area contributed by atoms with Crippen LogP contribution in [0.15, 0.2) is 42.5 Å². The molecular weight excluding hydrogens is 505 g/mol. The van der Waals surface area contributed by atoms with Crippen molar-refractivity contribution < 1.29 is 13.2 Å². The van der Waals surface area contributed by atoms with E-state index in [4.69, 9.17) is 23.2 Å². The van der Waals surface area contributed by atoms with Gasteiger partial charge in [-0.2, -0.15) is 0 Å². The van der Waals surface area contributed by atoms with Gasteiger partial charge in [-0.1, -0.05) is 60.0 Å². The molecular formula is C26H33Cl2N3O3S. The van der Waals surface area contributed by atoms with Crippen LogP contribution in [0, 0.1) is 5.92 Å². The Bertz CT molecular complexity index is 1140. The Morgan fingerprint density at radius 2 is 1.69 bits per heavy atom. The van der Waals surface area contributed by atoms with Crippen LogP contribution in [0.25, 0.3) is 0 Å². The number of nitrogens with zero attached hydrogens (tertiary/aromatic N) is 2. The number of hydrogen-bond donors (Lipinski definition) is 1. The average molecular weight is 539 g/mol. The number of benzene rings is 2. The molecule has 1 amide bonds. The number of halogens is 2. The van der Waals surface area contributed by atoms with E-state index in [0.717, 1.165) is 25.2 Å². The third-order valence-corrected chi connectivity index (χ3v) is 9.45. The molecule has 35 heavy (non-hydrogen) atoms. The highest BCUT2D eigenvalue weighted by Crippen LogP contribution is 2.26. The van der Waals surface area contributed by atoms with Crippen molar-refractivity contribution in [3.05, 3.63) is 69.2 Å². The fourth-order valence-corrected chi connectivity index (χ4v) is 6.83. The molecule has 190 valence electrons. The molecule has 2 aromatic rings. The van der Waals surface area contributed by atoms with Crippen LogP contribution >= 0.6 is 23.2 Å². The highest BCUT2D eigenvalue weighted by atomic mass is 35.5. The predicted molar refractivity (Wildman–Crippen MR) is 141 cm³/mol. The van der Waals surface area contributed by atoms with E-state index in [1.807, 2.05) is 12.1 Å². The number of amides is 1. The quantitative estimate of drug-likeness (QED) is 0.523. The fraction of sp³-hybridized carbons (Fsp3) is 0.500. The average Bonchev–Trinajstić information content (AvgIpc) is 2.86. The zero-order chi connectivity index (χ0) is 24.8. The van der Waals surface area contributed by atoms with Crippen LogP contribution in [0.4, 0.5) is 0 Å². The van der Waals surface area contributed by atoms with Crippen LogP contribution in [-0.4, -0.2) is 49.7 Å². The normalized spacial score (nSPS) is 20.0. The number of sulfonamides is 1. The molecule has 1 atom stereocenters. The number of carbonyl (C=O) groups is 1. The maximum absolute atomic E-state index is 13.0. The Morgan fingerprint density at radius 1 is 0.943 bits per heavy atom. The predicted octanol–water partition coefficient (Wildman–Crippen LogP) is 4.84. The van der Waals surface area contributed by atoms with Crippen molar-refractivity contribution in [3.8, 4) is 0 Å². The summed E-state index contributed by atoms with van der Waals surface area (Å²) in [7, 11) is -3.58. The van der Waals surface area contributed by atoms with E-state index < -0.39 is 10.0 Å². The van der Waals surface area contributed by atoms with Gasteiger partial charge in [-0.15, -0.1) is 0 Å². The molecule has 0 radical (unpaired) electrons. The smallest absolute Gasteiger partial charge is 0.224 e. The zero-order valence-corrected chi connectivity index (χ0v) is 22.2. The van der Waals surface area contributed by atoms with Crippen LogP contribution in [-0.2, 0) is 33.7 Å². The summed E-state index contributed by atoms with van der Waals surface area (Å²) in [6.45, 7) is 4.22. The molecule has 2 aliphatic heterocycles. The van der Waals surface area contributed by atoms with Crippen molar-refractivity contribution in [2.75, 3.05) is 26.2 Å². The lowest BCUT2D eigenvalue weighted by molar-refractivity contribution is -0.126. The standard InChI is InChI=1S/C26H33Cl2N3O3S/c27-24-11-10-20(15-25(24)28)19-35(33,34)31-14-6-9-23(18-31)26(32)29-16-21-7-2-3-8-22(21)17-30-12-4-1-5-13-30/h2-3,7-8,10-11,15,23H,1,4-6,9,12-14,16-19H2,(H,29,32)/t23-/m1/s1. The van der Waals surface area contributed by atoms with Crippen molar-refractivity contribution in [2.24, 2.45) is 5.92 Å². The van der Waals surface area contributed by atoms with E-state index in [2.05, 4.69) is 22.3 Å². The van der Waals surface area contributed by atoms with Crippen LogP contribution < -0.4 is 5.32 Å². The van der Waals surface area contributed by atoms with Crippen molar-refractivity contribution in [1.29, 1.82) is 0 Å². The van der Waals surface area contributed by atoms with Gasteiger partial charge < -0.3 is 5.32 Å². The SMILES string of the molecule is O=C(NCc1ccccc1CN1CCCCC1)[C@@H]1CCCN(S(=O)(=O)Cc2ccc(Cl)c(Cl)c2)C1. The maximum Gasteiger partial charge on any atom is 0.224 e. The highest BCUT2D eigenvalue weighted by Gasteiger charge is 2.32. The summed E-state index contributed by atoms with van der Waals surface area (Å²) in [6.07, 6.45) is 5.12. The number of nitrogens with one attached hydrogen (secondary N) is 1. The molecule has 0 aliphatic carbocycles. The van der Waals surface area contributed by atoms with E-state index in [1.54, 1.807) is 18.2 Å². The summed E-state index contributed by atoms with van der Waals surface area (Å²) in [6, 6.07) is 13.1. The summed E-state index contributed by atoms with van der Waals surface area (Å²) in [5.41, 5.74) is 2.94. The summed E-state index contributed by atoms with van der Waals surface area (Å²) in [5.74, 6) is -0.615. The summed E-state index contributed by atoms with van der Waals surface area (Å²) in [4.78, 5) is 15.5. The topological polar surface area (TPSA) is 69.7 Å². The lowest BCUT2D eigenvalue weighted by Crippen LogP contribution is -2.45. The summed E-state index contributed by atoms with van der Waals surface area (Å²) < 4.78 is 27.5. The minimum absolute atomic E-state index is 0.0905. The molecule has 0 spiro atoms. The molecule has 0 aromatic heterocycles. The van der Waals surface area contributed by atoms with Gasteiger partial charge in [-0.25, -0.2) is 12.7 Å². The molecule has 0 bridgehead atoms. The Labute approximate surface area is 218 Å². The van der Waals surface area contributed by atoms with E-state index >= 15 is 0 Å². The number of likely N-dealkylation sites (tertiary alicyclic amines) is 1. The first-order chi connectivity index (χ1) is 16.8. The van der Waals surface area contributed by atoms with Gasteiger partial charge in [0.25, 0.3) is 0 Å². The highest BCUT2D eigenvalue weighted by molar-refractivity contribution is 7.88. The van der Waals surface area contributed by atoms with Gasteiger partial charge >= 0.3 is 0 Å². The lowest BCUT2D eigenvalue weighted by Gasteiger charge is -2.31. The van der Waals surface area contributed by atoms with Gasteiger partial charge in [0.15, 0.2) is 0 Å². The molecule has 0 unspecified atom stereocenters. The Hall–Kier alpha value is -1.64. The van der Waals surface area contributed by atoms with Crippen LogP contribution in [0.5, 0.6) is 0 Å². The Kier molecular flexibility index (Phi) is 9.11. The first kappa shape index (κ1) is 26.4. The number of carbonyl (C=O) groups excluding carboxylic acids is 1. The Morgan fingerprint density at radius 3 is 2.43 bits per heavy atom. The van der Waals surface area contributed by atoms with Crippen molar-refractivity contribution >= 4 is 39.1 Å². The molecule has 2 fully saturated rings. The molecule has 6 nitrogen and oxygen atoms in total. The van der Waals surface area contributed by atoms with Crippen molar-refractivity contribution in [2.45, 2.75) is 50.9 Å². The van der Waals surface area contributed by atoms with E-state index in [0.29, 0.717) is 41.5 Å². The van der Waals surface area contributed by atoms with Crippen molar-refractivity contribution in [1.82, 2.24) is 14.5 Å². The molecule has 2 heterocycles. The van der Waals surface area contributed by atoms with Gasteiger partial charge in [0.2, 0.25) is 15.9 Å². The van der Waals surface area contributed by atoms with Gasteiger partial charge in [0.1, 0.15) is 0 Å². The molecule has 1 N–H and O–H groups in total. The summed E-state index contributed by atoms with van der Waals surface area (Å²) in [5, 5.41) is 3.79. The third kappa shape index (κ3) is 7.20. The first-order valence-corrected chi connectivity index (χ1v) is 14.7. The largest absolute Gasteiger partial charge is 0.352 e. The maximum atomic E-state index is 13.0. The van der Waals surface area contributed by atoms with Gasteiger partial charge in [-0.3, -0.25) is 9.69 Å². The summed E-state index contributed by atoms with van der Waals surface area (Å²) >= 11 is 12.0. The van der Waals surface area contributed by atoms with Crippen LogP contribution in [0.2, 0.25) is 10.0 Å². The second-order valence-corrected chi connectivity index (χ2v) is 12.3. The minimum Gasteiger partial charge on any atom is -0.352 e. The Balaban J connectivity index is 1.34. The van der Waals surface area contributed by atoms with E-state index in [1.165, 1.54) is 29.1 Å². The zero-order valence-electron chi connectivity index (χ0n) is 19.9. The van der Waals surface area contributed by atoms with Crippen LogP contribution in [0.1, 0.15) is 48.8 Å². The monoisotopic (exact) mass is 537 g/mol. The molecule has 2 aromatic carbocycles. The van der Waals surface area contributed by atoms with E-state index in [9.17, 15) is 13.2 Å². The number of hydrogen-bond acceptors (Lipinski definition) is 4. The molecule has 2 saturated heterocycles. The molecule has 2 aliphatic rings. The number of piperidine rings is 2. The van der Waals surface area contributed by atoms with Gasteiger partial charge in [-0.05, 0) is 67.6 Å². The second-order valence-electron chi connectivity index (χ2n) is 9.53. The van der Waals surface area contributed by atoms with Gasteiger partial charge in [0, 0.05) is 26.2 Å².